The van der Waals surface area contributed by atoms with Crippen LogP contribution in [0.1, 0.15) is 25.7 Å². The molecule has 0 aliphatic heterocycles. The summed E-state index contributed by atoms with van der Waals surface area (Å²) in [7, 11) is 0. The van der Waals surface area contributed by atoms with Crippen molar-refractivity contribution in [2.24, 2.45) is 0 Å². The van der Waals surface area contributed by atoms with Crippen molar-refractivity contribution < 1.29 is 0 Å². The van der Waals surface area contributed by atoms with Crippen molar-refractivity contribution in [3.05, 3.63) is 25.3 Å². The molecule has 0 saturated carbocycles. The molecule has 0 radical (unpaired) electrons. The maximum atomic E-state index is 5.09. The Labute approximate surface area is 68.6 Å². The van der Waals surface area contributed by atoms with Crippen molar-refractivity contribution in [1.82, 2.24) is 0 Å². The van der Waals surface area contributed by atoms with Gasteiger partial charge in [-0.05, 0) is 30.5 Å². The molecular weight excluding hydrogens is 140 g/mol. The first-order valence-electron chi connectivity index (χ1n) is 3.54. The quantitative estimate of drug-likeness (QED) is 0.418. The molecule has 1 heteroatoms. The van der Waals surface area contributed by atoms with Gasteiger partial charge in [0.05, 0.1) is 0 Å². The predicted octanol–water partition coefficient (Wildman–Crippen LogP) is 3.29. The van der Waals surface area contributed by atoms with Gasteiger partial charge in [-0.1, -0.05) is 24.4 Å². The van der Waals surface area contributed by atoms with Crippen LogP contribution in [0.25, 0.3) is 0 Å². The van der Waals surface area contributed by atoms with Gasteiger partial charge in [0.25, 0.3) is 0 Å². The Morgan fingerprint density at radius 2 is 1.50 bits per heavy atom. The van der Waals surface area contributed by atoms with Crippen LogP contribution in [0, 0.1) is 0 Å². The fourth-order valence-corrected chi connectivity index (χ4v) is 0.887. The molecule has 0 fully saturated rings. The first-order chi connectivity index (χ1) is 4.81. The molecule has 0 unspecified atom stereocenters. The molecule has 0 aliphatic rings. The van der Waals surface area contributed by atoms with Gasteiger partial charge >= 0.3 is 0 Å². The van der Waals surface area contributed by atoms with Crippen LogP contribution in [-0.4, -0.2) is 4.86 Å². The van der Waals surface area contributed by atoms with E-state index in [1.807, 2.05) is 12.2 Å². The van der Waals surface area contributed by atoms with E-state index >= 15 is 0 Å². The minimum Gasteiger partial charge on any atom is -0.103 e. The van der Waals surface area contributed by atoms with E-state index in [9.17, 15) is 0 Å². The SMILES string of the molecule is C=CCCC(=S)CCC=C. The highest BCUT2D eigenvalue weighted by Gasteiger charge is 1.92. The van der Waals surface area contributed by atoms with E-state index in [0.717, 1.165) is 30.5 Å². The molecule has 0 aromatic carbocycles. The van der Waals surface area contributed by atoms with Crippen molar-refractivity contribution >= 4 is 17.1 Å². The molecule has 56 valence electrons. The molecule has 10 heavy (non-hydrogen) atoms. The molecule has 0 amide bonds. The largest absolute Gasteiger partial charge is 0.103 e. The third-order valence-electron chi connectivity index (χ3n) is 1.25. The van der Waals surface area contributed by atoms with E-state index in [2.05, 4.69) is 13.2 Å². The number of thiocarbonyl (C=S) groups is 1. The lowest BCUT2D eigenvalue weighted by atomic mass is 10.1. The highest BCUT2D eigenvalue weighted by Crippen LogP contribution is 2.01. The van der Waals surface area contributed by atoms with Gasteiger partial charge < -0.3 is 0 Å². The first kappa shape index (κ1) is 9.57. The first-order valence-corrected chi connectivity index (χ1v) is 3.95. The van der Waals surface area contributed by atoms with Crippen LogP contribution >= 0.6 is 12.2 Å². The molecule has 0 heterocycles. The Hall–Kier alpha value is -0.430. The summed E-state index contributed by atoms with van der Waals surface area (Å²) >= 11 is 5.09. The standard InChI is InChI=1S/C9H14S/c1-3-5-7-9(10)8-6-4-2/h3-4H,1-2,5-8H2. The number of hydrogen-bond acceptors (Lipinski definition) is 1. The second-order valence-corrected chi connectivity index (χ2v) is 2.77. The highest BCUT2D eigenvalue weighted by molar-refractivity contribution is 7.80. The summed E-state index contributed by atoms with van der Waals surface area (Å²) in [5, 5.41) is 0. The van der Waals surface area contributed by atoms with Gasteiger partial charge in [-0.15, -0.1) is 13.2 Å². The van der Waals surface area contributed by atoms with Gasteiger partial charge in [-0.3, -0.25) is 0 Å². The van der Waals surface area contributed by atoms with E-state index < -0.39 is 0 Å². The van der Waals surface area contributed by atoms with E-state index in [-0.39, 0.29) is 0 Å². The number of allylic oxidation sites excluding steroid dienone is 2. The molecule has 0 N–H and O–H groups in total. The van der Waals surface area contributed by atoms with Crippen LogP contribution in [0.4, 0.5) is 0 Å². The summed E-state index contributed by atoms with van der Waals surface area (Å²) in [6, 6.07) is 0. The van der Waals surface area contributed by atoms with E-state index in [1.165, 1.54) is 0 Å². The third-order valence-corrected chi connectivity index (χ3v) is 1.66. The zero-order valence-corrected chi connectivity index (χ0v) is 7.12. The Morgan fingerprint density at radius 3 is 1.80 bits per heavy atom. The highest BCUT2D eigenvalue weighted by atomic mass is 32.1. The van der Waals surface area contributed by atoms with Gasteiger partial charge in [-0.2, -0.15) is 0 Å². The summed E-state index contributed by atoms with van der Waals surface area (Å²) in [6.45, 7) is 7.27. The fraction of sp³-hybridized carbons (Fsp3) is 0.444. The molecule has 0 nitrogen and oxygen atoms in total. The van der Waals surface area contributed by atoms with Crippen LogP contribution in [0.2, 0.25) is 0 Å². The molecule has 0 aromatic heterocycles. The van der Waals surface area contributed by atoms with E-state index in [4.69, 9.17) is 12.2 Å². The number of hydrogen-bond donors (Lipinski definition) is 0. The lowest BCUT2D eigenvalue weighted by molar-refractivity contribution is 1.03. The molecule has 0 rings (SSSR count). The molecular formula is C9H14S. The topological polar surface area (TPSA) is 0 Å². The maximum absolute atomic E-state index is 5.09. The van der Waals surface area contributed by atoms with Gasteiger partial charge in [0, 0.05) is 0 Å². The molecule has 0 spiro atoms. The average molecular weight is 154 g/mol. The van der Waals surface area contributed by atoms with Crippen molar-refractivity contribution in [3.8, 4) is 0 Å². The second kappa shape index (κ2) is 6.69. The van der Waals surface area contributed by atoms with Gasteiger partial charge in [-0.25, -0.2) is 0 Å². The Bertz CT molecular complexity index is 111. The summed E-state index contributed by atoms with van der Waals surface area (Å²) in [4.78, 5) is 1.14. The van der Waals surface area contributed by atoms with Crippen molar-refractivity contribution in [3.63, 3.8) is 0 Å². The monoisotopic (exact) mass is 154 g/mol. The molecule has 0 aliphatic carbocycles. The second-order valence-electron chi connectivity index (χ2n) is 2.19. The lowest BCUT2D eigenvalue weighted by Crippen LogP contribution is -1.91. The zero-order chi connectivity index (χ0) is 7.82. The molecule has 0 bridgehead atoms. The molecule has 0 aromatic rings. The molecule has 0 atom stereocenters. The van der Waals surface area contributed by atoms with Crippen LogP contribution in [0.3, 0.4) is 0 Å². The Balaban J connectivity index is 3.24. The maximum Gasteiger partial charge on any atom is -0.00654 e. The number of rotatable bonds is 6. The van der Waals surface area contributed by atoms with Gasteiger partial charge in [0.15, 0.2) is 0 Å². The summed E-state index contributed by atoms with van der Waals surface area (Å²) < 4.78 is 0. The van der Waals surface area contributed by atoms with Crippen molar-refractivity contribution in [1.29, 1.82) is 0 Å². The smallest absolute Gasteiger partial charge is 0.00654 e. The summed E-state index contributed by atoms with van der Waals surface area (Å²) in [5.41, 5.74) is 0. The van der Waals surface area contributed by atoms with Crippen LogP contribution in [0.15, 0.2) is 25.3 Å². The van der Waals surface area contributed by atoms with E-state index in [0.29, 0.717) is 0 Å². The summed E-state index contributed by atoms with van der Waals surface area (Å²) in [5.74, 6) is 0. The average Bonchev–Trinajstić information content (AvgIpc) is 1.97. The van der Waals surface area contributed by atoms with Gasteiger partial charge in [0.1, 0.15) is 0 Å². The van der Waals surface area contributed by atoms with Crippen molar-refractivity contribution in [2.45, 2.75) is 25.7 Å². The van der Waals surface area contributed by atoms with E-state index in [1.54, 1.807) is 0 Å². The zero-order valence-electron chi connectivity index (χ0n) is 6.31. The van der Waals surface area contributed by atoms with Crippen molar-refractivity contribution in [2.75, 3.05) is 0 Å². The van der Waals surface area contributed by atoms with Crippen LogP contribution in [0.5, 0.6) is 0 Å². The van der Waals surface area contributed by atoms with Gasteiger partial charge in [0.2, 0.25) is 0 Å². The fourth-order valence-electron chi connectivity index (χ4n) is 0.651. The lowest BCUT2D eigenvalue weighted by Gasteiger charge is -1.96. The molecule has 0 saturated heterocycles. The minimum absolute atomic E-state index is 1.01. The Morgan fingerprint density at radius 1 is 1.10 bits per heavy atom. The predicted molar refractivity (Wildman–Crippen MR) is 51.5 cm³/mol. The normalized spacial score (nSPS) is 8.80. The third kappa shape index (κ3) is 5.70. The minimum atomic E-state index is 1.01. The van der Waals surface area contributed by atoms with Crippen LogP contribution < -0.4 is 0 Å². The Kier molecular flexibility index (Phi) is 6.40. The summed E-state index contributed by atoms with van der Waals surface area (Å²) in [6.07, 6.45) is 7.84. The van der Waals surface area contributed by atoms with Crippen LogP contribution in [-0.2, 0) is 0 Å².